The number of rotatable bonds is 3. The van der Waals surface area contributed by atoms with Gasteiger partial charge in [-0.25, -0.2) is 9.78 Å². The van der Waals surface area contributed by atoms with E-state index in [9.17, 15) is 9.90 Å². The largest absolute Gasteiger partial charge is 0.465 e. The Balaban J connectivity index is 1.65. The van der Waals surface area contributed by atoms with Gasteiger partial charge >= 0.3 is 6.09 Å². The summed E-state index contributed by atoms with van der Waals surface area (Å²) in [7, 11) is 0. The molecule has 0 radical (unpaired) electrons. The lowest BCUT2D eigenvalue weighted by atomic mass is 9.87. The minimum Gasteiger partial charge on any atom is -0.465 e. The van der Waals surface area contributed by atoms with Gasteiger partial charge in [0.05, 0.1) is 19.3 Å². The zero-order valence-corrected chi connectivity index (χ0v) is 17.9. The van der Waals surface area contributed by atoms with Crippen LogP contribution in [-0.2, 0) is 17.7 Å². The summed E-state index contributed by atoms with van der Waals surface area (Å²) in [6, 6.07) is 6.30. The molecular formula is C24H28N4O3. The number of H-pyrrole nitrogens is 1. The van der Waals surface area contributed by atoms with Crippen molar-refractivity contribution < 1.29 is 14.6 Å². The Morgan fingerprint density at radius 2 is 2.16 bits per heavy atom. The maximum Gasteiger partial charge on any atom is 0.407 e. The Kier molecular flexibility index (Phi) is 5.16. The molecule has 0 aliphatic carbocycles. The number of aromatic nitrogens is 2. The summed E-state index contributed by atoms with van der Waals surface area (Å²) in [4.78, 5) is 21.4. The fraction of sp³-hybridized carbons (Fsp3) is 0.417. The van der Waals surface area contributed by atoms with Crippen molar-refractivity contribution in [3.63, 3.8) is 0 Å². The third kappa shape index (κ3) is 3.58. The Bertz CT molecular complexity index is 1140. The fourth-order valence-electron chi connectivity index (χ4n) is 4.85. The molecule has 4 heterocycles. The van der Waals surface area contributed by atoms with Gasteiger partial charge in [-0.05, 0) is 58.8 Å². The summed E-state index contributed by atoms with van der Waals surface area (Å²) in [5, 5.41) is 14.4. The first-order valence-corrected chi connectivity index (χ1v) is 10.9. The van der Waals surface area contributed by atoms with Gasteiger partial charge in [0.15, 0.2) is 0 Å². The molecule has 5 rings (SSSR count). The number of carboxylic acid groups (broad SMARTS) is 1. The van der Waals surface area contributed by atoms with Crippen LogP contribution in [0, 0.1) is 0 Å². The van der Waals surface area contributed by atoms with Gasteiger partial charge in [-0.2, -0.15) is 0 Å². The van der Waals surface area contributed by atoms with Gasteiger partial charge in [-0.1, -0.05) is 19.9 Å². The summed E-state index contributed by atoms with van der Waals surface area (Å²) < 4.78 is 5.70. The van der Waals surface area contributed by atoms with Crippen LogP contribution in [0.3, 0.4) is 0 Å². The second-order valence-electron chi connectivity index (χ2n) is 8.72. The number of hydrogen-bond donors (Lipinski definition) is 3. The van der Waals surface area contributed by atoms with Crippen molar-refractivity contribution >= 4 is 17.1 Å². The molecule has 1 fully saturated rings. The minimum absolute atomic E-state index is 0.296. The van der Waals surface area contributed by atoms with E-state index < -0.39 is 6.09 Å². The number of aromatic amines is 1. The lowest BCUT2D eigenvalue weighted by molar-refractivity contribution is -0.00123. The van der Waals surface area contributed by atoms with Crippen LogP contribution in [0.15, 0.2) is 30.6 Å². The molecular weight excluding hydrogens is 392 g/mol. The van der Waals surface area contributed by atoms with E-state index in [4.69, 9.17) is 4.74 Å². The lowest BCUT2D eigenvalue weighted by Crippen LogP contribution is -2.43. The van der Waals surface area contributed by atoms with Gasteiger partial charge in [0.25, 0.3) is 0 Å². The number of hydrogen-bond acceptors (Lipinski definition) is 4. The number of carbonyl (C=O) groups is 1. The summed E-state index contributed by atoms with van der Waals surface area (Å²) in [6.07, 6.45) is 3.98. The highest BCUT2D eigenvalue weighted by molar-refractivity contribution is 5.85. The van der Waals surface area contributed by atoms with E-state index in [-0.39, 0.29) is 6.04 Å². The first kappa shape index (κ1) is 20.0. The van der Waals surface area contributed by atoms with Gasteiger partial charge in [0.2, 0.25) is 0 Å². The number of amides is 1. The normalized spacial score (nSPS) is 19.1. The highest BCUT2D eigenvalue weighted by Crippen LogP contribution is 2.36. The molecule has 2 aliphatic heterocycles. The van der Waals surface area contributed by atoms with Crippen LogP contribution in [0.2, 0.25) is 0 Å². The molecule has 2 aromatic heterocycles. The Hall–Kier alpha value is -2.90. The van der Waals surface area contributed by atoms with Gasteiger partial charge in [-0.15, -0.1) is 0 Å². The maximum absolute atomic E-state index is 11.9. The van der Waals surface area contributed by atoms with Crippen LogP contribution in [0.1, 0.15) is 48.1 Å². The Morgan fingerprint density at radius 1 is 1.29 bits per heavy atom. The topological polar surface area (TPSA) is 90.5 Å². The van der Waals surface area contributed by atoms with Crippen molar-refractivity contribution in [1.29, 1.82) is 0 Å². The van der Waals surface area contributed by atoms with E-state index in [1.165, 1.54) is 21.6 Å². The minimum atomic E-state index is -0.895. The van der Waals surface area contributed by atoms with Crippen LogP contribution < -0.4 is 5.32 Å². The molecule has 0 spiro atoms. The molecule has 0 bridgehead atoms. The quantitative estimate of drug-likeness (QED) is 0.595. The highest BCUT2D eigenvalue weighted by atomic mass is 16.5. The number of ether oxygens (including phenoxy) is 1. The van der Waals surface area contributed by atoms with E-state index in [0.717, 1.165) is 47.2 Å². The lowest BCUT2D eigenvalue weighted by Gasteiger charge is -2.36. The third-order valence-corrected chi connectivity index (χ3v) is 6.50. The Labute approximate surface area is 181 Å². The van der Waals surface area contributed by atoms with Crippen LogP contribution in [-0.4, -0.2) is 52.4 Å². The molecule has 0 saturated carbocycles. The molecule has 3 N–H and O–H groups in total. The average Bonchev–Trinajstić information content (AvgIpc) is 3.22. The number of nitrogens with zero attached hydrogens (tertiary/aromatic N) is 2. The van der Waals surface area contributed by atoms with E-state index in [1.807, 2.05) is 12.4 Å². The van der Waals surface area contributed by atoms with Gasteiger partial charge in [0, 0.05) is 36.4 Å². The van der Waals surface area contributed by atoms with Crippen LogP contribution in [0.5, 0.6) is 0 Å². The van der Waals surface area contributed by atoms with Crippen LogP contribution in [0.4, 0.5) is 4.79 Å². The SMILES string of the molecule is CC(C)c1c[nH]c2ncc(-c3cc4c(c(C5COCCN5C(=O)O)c3)CNCC4)cc12. The summed E-state index contributed by atoms with van der Waals surface area (Å²) >= 11 is 0. The molecule has 7 heteroatoms. The standard InChI is InChI=1S/C24H28N4O3/c1-14(2)20-12-27-23-19(20)9-17(10-26-23)16-7-15-3-4-25-11-21(15)18(8-16)22-13-31-6-5-28(22)24(29)30/h7-10,12,14,22,25H,3-6,11,13H2,1-2H3,(H,26,27)(H,29,30). The number of pyridine rings is 1. The summed E-state index contributed by atoms with van der Waals surface area (Å²) in [5.41, 5.74) is 7.81. The summed E-state index contributed by atoms with van der Waals surface area (Å²) in [5.74, 6) is 0.402. The average molecular weight is 421 g/mol. The van der Waals surface area contributed by atoms with Crippen molar-refractivity contribution in [2.45, 2.75) is 38.8 Å². The zero-order chi connectivity index (χ0) is 21.5. The second kappa shape index (κ2) is 7.98. The first-order chi connectivity index (χ1) is 15.0. The number of fused-ring (bicyclic) bond motifs is 2. The first-order valence-electron chi connectivity index (χ1n) is 10.9. The second-order valence-corrected chi connectivity index (χ2v) is 8.72. The highest BCUT2D eigenvalue weighted by Gasteiger charge is 2.31. The zero-order valence-electron chi connectivity index (χ0n) is 17.9. The summed E-state index contributed by atoms with van der Waals surface area (Å²) in [6.45, 7) is 7.25. The molecule has 7 nitrogen and oxygen atoms in total. The van der Waals surface area contributed by atoms with Crippen molar-refractivity contribution in [2.24, 2.45) is 0 Å². The van der Waals surface area contributed by atoms with E-state index in [0.29, 0.717) is 25.7 Å². The smallest absolute Gasteiger partial charge is 0.407 e. The third-order valence-electron chi connectivity index (χ3n) is 6.50. The molecule has 2 aliphatic rings. The monoisotopic (exact) mass is 420 g/mol. The predicted molar refractivity (Wildman–Crippen MR) is 119 cm³/mol. The van der Waals surface area contributed by atoms with Crippen LogP contribution in [0.25, 0.3) is 22.2 Å². The number of benzene rings is 1. The molecule has 1 saturated heterocycles. The van der Waals surface area contributed by atoms with Crippen molar-refractivity contribution in [1.82, 2.24) is 20.2 Å². The van der Waals surface area contributed by atoms with E-state index in [1.54, 1.807) is 0 Å². The molecule has 1 amide bonds. The fourth-order valence-corrected chi connectivity index (χ4v) is 4.85. The van der Waals surface area contributed by atoms with Gasteiger partial charge < -0.3 is 20.1 Å². The van der Waals surface area contributed by atoms with Crippen molar-refractivity contribution in [3.8, 4) is 11.1 Å². The molecule has 1 unspecified atom stereocenters. The van der Waals surface area contributed by atoms with Crippen molar-refractivity contribution in [3.05, 3.63) is 52.8 Å². The molecule has 1 aromatic carbocycles. The molecule has 31 heavy (non-hydrogen) atoms. The van der Waals surface area contributed by atoms with E-state index >= 15 is 0 Å². The van der Waals surface area contributed by atoms with E-state index in [2.05, 4.69) is 47.3 Å². The predicted octanol–water partition coefficient (Wildman–Crippen LogP) is 4.05. The molecule has 162 valence electrons. The molecule has 1 atom stereocenters. The Morgan fingerprint density at radius 3 is 2.97 bits per heavy atom. The van der Waals surface area contributed by atoms with Crippen molar-refractivity contribution in [2.75, 3.05) is 26.3 Å². The van der Waals surface area contributed by atoms with Crippen LogP contribution >= 0.6 is 0 Å². The van der Waals surface area contributed by atoms with Gasteiger partial charge in [-0.3, -0.25) is 4.90 Å². The maximum atomic E-state index is 11.9. The number of nitrogens with one attached hydrogen (secondary N) is 2. The number of morpholine rings is 1. The van der Waals surface area contributed by atoms with Gasteiger partial charge in [0.1, 0.15) is 5.65 Å². The molecule has 3 aromatic rings.